The first-order valence-electron chi connectivity index (χ1n) is 43.7. The Hall–Kier alpha value is -14.1. The molecule has 140 heavy (non-hydrogen) atoms. The third-order valence-electron chi connectivity index (χ3n) is 23.9. The van der Waals surface area contributed by atoms with Crippen LogP contribution in [-0.4, -0.2) is 119 Å². The van der Waals surface area contributed by atoms with Crippen LogP contribution in [0.3, 0.4) is 0 Å². The molecule has 0 saturated carbocycles. The molecular weight excluding hydrogens is 1940 g/mol. The van der Waals surface area contributed by atoms with Crippen molar-refractivity contribution in [2.24, 2.45) is 10.8 Å². The monoisotopic (exact) mass is 2030 g/mol. The number of carbonyl (C=O) groups excluding carboxylic acids is 2. The highest BCUT2D eigenvalue weighted by molar-refractivity contribution is 9.10. The summed E-state index contributed by atoms with van der Waals surface area (Å²) in [6.45, 7) is 26.3. The number of hydrogen-bond acceptors (Lipinski definition) is 16. The minimum Gasteiger partial charge on any atom is -0.399 e. The zero-order chi connectivity index (χ0) is 101. The van der Waals surface area contributed by atoms with Gasteiger partial charge in [0.2, 0.25) is 0 Å². The van der Waals surface area contributed by atoms with Crippen molar-refractivity contribution in [3.8, 4) is 22.5 Å². The Morgan fingerprint density at radius 2 is 0.743 bits per heavy atom. The Labute approximate surface area is 811 Å². The highest BCUT2D eigenvalue weighted by atomic mass is 79.9. The Morgan fingerprint density at radius 1 is 0.379 bits per heavy atom. The number of aryl methyl sites for hydroxylation is 4. The zero-order valence-corrected chi connectivity index (χ0v) is 82.7. The lowest BCUT2D eigenvalue weighted by Crippen LogP contribution is -2.41. The van der Waals surface area contributed by atoms with Crippen LogP contribution in [0.2, 0.25) is 0 Å². The third kappa shape index (κ3) is 19.9. The summed E-state index contributed by atoms with van der Waals surface area (Å²) in [6, 6.07) is 55.0. The normalized spacial score (nSPS) is 13.4. The first-order valence-corrected chi connectivity index (χ1v) is 50.3. The van der Waals surface area contributed by atoms with Gasteiger partial charge in [-0.25, -0.2) is 95.8 Å². The average molecular weight is 2030 g/mol. The maximum atomic E-state index is 14.3. The van der Waals surface area contributed by atoms with Crippen LogP contribution in [0.1, 0.15) is 112 Å². The molecule has 716 valence electrons. The van der Waals surface area contributed by atoms with Gasteiger partial charge in [-0.05, 0) is 241 Å². The Bertz CT molecular complexity index is 8730. The molecule has 24 nitrogen and oxygen atoms in total. The molecule has 0 unspecified atom stereocenters. The van der Waals surface area contributed by atoms with Crippen molar-refractivity contribution in [2.45, 2.75) is 128 Å². The number of aromatic nitrogens is 12. The summed E-state index contributed by atoms with van der Waals surface area (Å²) in [7, 11) is -16.0. The van der Waals surface area contributed by atoms with Gasteiger partial charge in [0.15, 0.2) is 22.9 Å². The van der Waals surface area contributed by atoms with Crippen molar-refractivity contribution in [1.82, 2.24) is 55.8 Å². The number of nitrogens with one attached hydrogen (secondary N) is 4. The maximum Gasteiger partial charge on any atom is 0.497 e. The van der Waals surface area contributed by atoms with Gasteiger partial charge in [-0.1, -0.05) is 112 Å². The quantitative estimate of drug-likeness (QED) is 0.0473. The number of halogens is 7. The number of rotatable bonds is 13. The van der Waals surface area contributed by atoms with Crippen LogP contribution in [0.25, 0.3) is 110 Å². The molecule has 0 atom stereocenters. The topological polar surface area (TPSA) is 324 Å². The number of H-pyrrole nitrogens is 4. The fraction of sp³-hybridized carbons (Fsp3) is 0.173. The minimum absolute atomic E-state index is 0.00447. The lowest BCUT2D eigenvalue weighted by atomic mass is 9.79. The van der Waals surface area contributed by atoms with Gasteiger partial charge in [-0.3, -0.25) is 9.59 Å². The molecule has 10 aromatic carbocycles. The summed E-state index contributed by atoms with van der Waals surface area (Å²) in [4.78, 5) is 56.4. The van der Waals surface area contributed by atoms with Gasteiger partial charge in [0.25, 0.3) is 40.1 Å². The SMILES string of the molecule is CC(C)(C)C(=O)c1c[nH]c2ncc(-c3c[nH]c4ccc(F)cc34)nc12.Cc1ccc(S(=O)(=O)n2cc(-c3cnc4[nH]cc(C(=O)C(C)(C)C)c4n3)c3cc(F)ccc32)cc1.Cc1ccc(S(=O)(=O)n2cc(B3OC(C)(C)C(C)(C)O3)c3cc(F)ccc32)cc1.Cc1ccc(S(=O)(=O)n2cc(Br)c3cc(F)ccc32)cc1.Cc1ccc(S(=O)(=O)n2ccc3cc(F)ccc32)cc1.Fc1ccc2[nH]ccc2c1. The van der Waals surface area contributed by atoms with Crippen molar-refractivity contribution in [1.29, 1.82) is 0 Å². The second kappa shape index (κ2) is 37.9. The van der Waals surface area contributed by atoms with Gasteiger partial charge in [0.1, 0.15) is 45.9 Å². The minimum atomic E-state index is -3.97. The number of carbonyl (C=O) groups is 2. The molecule has 21 rings (SSSR count). The second-order valence-corrected chi connectivity index (χ2v) is 44.8. The van der Waals surface area contributed by atoms with E-state index in [-0.39, 0.29) is 48.6 Å². The number of benzene rings is 10. The lowest BCUT2D eigenvalue weighted by Gasteiger charge is -2.32. The van der Waals surface area contributed by atoms with Crippen LogP contribution in [0, 0.1) is 73.4 Å². The van der Waals surface area contributed by atoms with Crippen LogP contribution in [0.5, 0.6) is 0 Å². The molecule has 36 heteroatoms. The van der Waals surface area contributed by atoms with Gasteiger partial charge < -0.3 is 29.2 Å². The van der Waals surface area contributed by atoms with E-state index in [0.29, 0.717) is 104 Å². The molecule has 4 N–H and O–H groups in total. The first kappa shape index (κ1) is 98.9. The van der Waals surface area contributed by atoms with E-state index < -0.39 is 86.7 Å². The molecule has 1 saturated heterocycles. The van der Waals surface area contributed by atoms with E-state index in [9.17, 15) is 69.6 Å². The number of ketones is 2. The van der Waals surface area contributed by atoms with Crippen LogP contribution in [0.15, 0.2) is 304 Å². The van der Waals surface area contributed by atoms with E-state index in [1.165, 1.54) is 148 Å². The summed E-state index contributed by atoms with van der Waals surface area (Å²) in [5.41, 5.74) is 10.2. The molecule has 0 bridgehead atoms. The van der Waals surface area contributed by atoms with E-state index in [1.807, 2.05) is 103 Å². The Morgan fingerprint density at radius 3 is 1.20 bits per heavy atom. The molecule has 0 spiro atoms. The lowest BCUT2D eigenvalue weighted by molar-refractivity contribution is 0.00578. The van der Waals surface area contributed by atoms with E-state index in [4.69, 9.17) is 9.31 Å². The molecule has 0 aliphatic carbocycles. The molecule has 0 amide bonds. The fourth-order valence-corrected chi connectivity index (χ4v) is 21.7. The molecule has 1 fully saturated rings. The van der Waals surface area contributed by atoms with E-state index in [1.54, 1.807) is 134 Å². The van der Waals surface area contributed by atoms with E-state index in [0.717, 1.165) is 57.6 Å². The highest BCUT2D eigenvalue weighted by Gasteiger charge is 2.53. The largest absolute Gasteiger partial charge is 0.497 e. The smallest absolute Gasteiger partial charge is 0.399 e. The number of aromatic amines is 4. The summed E-state index contributed by atoms with van der Waals surface area (Å²) in [6.07, 6.45) is 15.7. The van der Waals surface area contributed by atoms with Gasteiger partial charge in [-0.2, -0.15) is 0 Å². The molecular formula is C104H92BBrF6N12O12S4. The van der Waals surface area contributed by atoms with Crippen LogP contribution < -0.4 is 5.46 Å². The van der Waals surface area contributed by atoms with Crippen molar-refractivity contribution >= 4 is 168 Å². The van der Waals surface area contributed by atoms with Crippen molar-refractivity contribution in [3.63, 3.8) is 0 Å². The molecule has 11 heterocycles. The molecule has 0 radical (unpaired) electrons. The van der Waals surface area contributed by atoms with Crippen LogP contribution in [0.4, 0.5) is 26.3 Å². The van der Waals surface area contributed by atoms with E-state index >= 15 is 0 Å². The predicted octanol–water partition coefficient (Wildman–Crippen LogP) is 23.3. The summed E-state index contributed by atoms with van der Waals surface area (Å²) in [5.74, 6) is -2.37. The Balaban J connectivity index is 0.000000124. The van der Waals surface area contributed by atoms with Gasteiger partial charge >= 0.3 is 7.12 Å². The summed E-state index contributed by atoms with van der Waals surface area (Å²) >= 11 is 3.28. The highest BCUT2D eigenvalue weighted by Crippen LogP contribution is 2.41. The van der Waals surface area contributed by atoms with Crippen molar-refractivity contribution < 1.29 is 78.9 Å². The standard InChI is InChI=1S/C26H23FN4O3S.C21H23BFNO4S.C19H17FN4O.C15H11BrFNO2S.C15H12FNO2S.C8H6FN/c1-15-5-8-17(9-6-15)35(33,34)31-14-20(18-11-16(27)7-10-22(18)31)21-13-29-25-23(30-21)19(12-28-25)24(32)26(2,3)4;1-14-6-9-16(10-7-14)29(25,26)24-13-18(17-12-15(23)8-11-19(17)24)22-27-20(2,3)21(4,5)28-22;1-19(2,3)17(25)13-8-22-18-16(13)24-15(9-23-18)12-7-21-14-5-4-10(20)6-11(12)14;1-10-2-5-12(6-3-10)21(19,20)18-9-14(16)13-8-11(17)4-7-15(13)18;1-11-2-5-14(6-3-11)20(18,19)17-9-8-12-10-13(16)4-7-15(12)17;9-7-1-2-8-6(5-7)3-4-10-8/h5-14H,1-4H3,(H,28,29);6-13H,1-5H3;4-9,21H,1-3H3,(H,22,23);2-9H,1H3;2-10H,1H3;1-5,10H. The van der Waals surface area contributed by atoms with Crippen molar-refractivity contribution in [3.05, 3.63) is 353 Å². The number of fused-ring (bicyclic) bond motifs is 8. The molecule has 10 aromatic heterocycles. The zero-order valence-electron chi connectivity index (χ0n) is 77.9. The van der Waals surface area contributed by atoms with Gasteiger partial charge in [0.05, 0.1) is 87.8 Å². The number of Topliss-reactive ketones (excluding diaryl/α,β-unsaturated/α-hetero) is 2. The van der Waals surface area contributed by atoms with Gasteiger partial charge in [0, 0.05) is 125 Å². The average Bonchev–Trinajstić information content (AvgIpc) is 1.59. The number of hydrogen-bond donors (Lipinski definition) is 4. The molecule has 1 aliphatic rings. The van der Waals surface area contributed by atoms with Gasteiger partial charge in [-0.15, -0.1) is 0 Å². The van der Waals surface area contributed by atoms with Crippen LogP contribution in [-0.2, 0) is 49.4 Å². The van der Waals surface area contributed by atoms with Crippen molar-refractivity contribution in [2.75, 3.05) is 0 Å². The maximum absolute atomic E-state index is 14.3. The molecule has 20 aromatic rings. The van der Waals surface area contributed by atoms with Crippen LogP contribution >= 0.6 is 15.9 Å². The number of nitrogens with zero attached hydrogens (tertiary/aromatic N) is 8. The molecule has 1 aliphatic heterocycles. The third-order valence-corrected chi connectivity index (χ3v) is 31.3. The summed E-state index contributed by atoms with van der Waals surface area (Å²) < 4.78 is 202. The summed E-state index contributed by atoms with van der Waals surface area (Å²) in [5, 5.41) is 3.53. The second-order valence-electron chi connectivity index (χ2n) is 36.7. The Kier molecular flexibility index (Phi) is 26.8. The fourth-order valence-electron chi connectivity index (χ4n) is 15.6. The predicted molar refractivity (Wildman–Crippen MR) is 536 cm³/mol. The van der Waals surface area contributed by atoms with E-state index in [2.05, 4.69) is 55.8 Å². The first-order chi connectivity index (χ1) is 66.0.